The summed E-state index contributed by atoms with van der Waals surface area (Å²) in [4.78, 5) is 13.4. The van der Waals surface area contributed by atoms with E-state index >= 15 is 0 Å². The van der Waals surface area contributed by atoms with Gasteiger partial charge >= 0.3 is 0 Å². The summed E-state index contributed by atoms with van der Waals surface area (Å²) in [5.74, 6) is 2.71. The van der Waals surface area contributed by atoms with Crippen molar-refractivity contribution in [2.24, 2.45) is 22.7 Å². The van der Waals surface area contributed by atoms with Gasteiger partial charge in [0.1, 0.15) is 17.7 Å². The average molecular weight is 346 g/mol. The van der Waals surface area contributed by atoms with Crippen LogP contribution in [0.15, 0.2) is 39.7 Å². The van der Waals surface area contributed by atoms with Crippen molar-refractivity contribution in [3.63, 3.8) is 0 Å². The number of piperidine rings is 3. The molecule has 5 nitrogen and oxygen atoms in total. The van der Waals surface area contributed by atoms with Gasteiger partial charge in [-0.15, -0.1) is 12.4 Å². The van der Waals surface area contributed by atoms with Crippen LogP contribution < -0.4 is 5.48 Å². The lowest BCUT2D eigenvalue weighted by atomic mass is 9.59. The van der Waals surface area contributed by atoms with Crippen molar-refractivity contribution in [3.8, 4) is 0 Å². The van der Waals surface area contributed by atoms with Crippen LogP contribution in [0.5, 0.6) is 0 Å². The van der Waals surface area contributed by atoms with Crippen molar-refractivity contribution in [3.05, 3.63) is 36.1 Å². The standard InChI is InChI=1S/C18H19N3O2.ClH/c1-2-4-15-12(3-1)7-16(22-15)17-14-6-11-5-13(9-21(17)8-11)18(14)19-10-20-23-18;/h1-4,7,10-11,13-14,17H,5-6,8-9H2,(H,19,20);1H. The first kappa shape index (κ1) is 14.8. The molecule has 1 saturated carbocycles. The number of fused-ring (bicyclic) bond motifs is 1. The first-order valence-electron chi connectivity index (χ1n) is 8.53. The maximum absolute atomic E-state index is 6.23. The lowest BCUT2D eigenvalue weighted by Gasteiger charge is -2.61. The van der Waals surface area contributed by atoms with Gasteiger partial charge < -0.3 is 4.42 Å². The second-order valence-corrected chi connectivity index (χ2v) is 7.46. The molecule has 3 saturated heterocycles. The SMILES string of the molecule is C1=NC2(ON1)C1CC3CC2C(c2cc4ccccc4o2)N(C3)C1.Cl. The molecule has 24 heavy (non-hydrogen) atoms. The highest BCUT2D eigenvalue weighted by molar-refractivity contribution is 5.85. The van der Waals surface area contributed by atoms with Crippen molar-refractivity contribution >= 4 is 29.7 Å². The van der Waals surface area contributed by atoms with Gasteiger partial charge in [0.05, 0.1) is 6.04 Å². The predicted octanol–water partition coefficient (Wildman–Crippen LogP) is 3.13. The molecule has 5 aliphatic rings. The predicted molar refractivity (Wildman–Crippen MR) is 92.9 cm³/mol. The van der Waals surface area contributed by atoms with Crippen LogP contribution in [0.1, 0.15) is 24.6 Å². The summed E-state index contributed by atoms with van der Waals surface area (Å²) in [6.07, 6.45) is 4.14. The van der Waals surface area contributed by atoms with E-state index in [9.17, 15) is 0 Å². The summed E-state index contributed by atoms with van der Waals surface area (Å²) in [6.45, 7) is 2.23. The molecule has 0 amide bonds. The molecule has 1 N–H and O–H groups in total. The van der Waals surface area contributed by atoms with E-state index in [0.717, 1.165) is 23.8 Å². The fourth-order valence-electron chi connectivity index (χ4n) is 5.54. The van der Waals surface area contributed by atoms with Gasteiger partial charge in [-0.2, -0.15) is 0 Å². The summed E-state index contributed by atoms with van der Waals surface area (Å²) >= 11 is 0. The molecule has 4 fully saturated rings. The smallest absolute Gasteiger partial charge is 0.195 e. The summed E-state index contributed by atoms with van der Waals surface area (Å²) in [7, 11) is 0. The number of halogens is 1. The van der Waals surface area contributed by atoms with Crippen molar-refractivity contribution in [1.29, 1.82) is 0 Å². The summed E-state index contributed by atoms with van der Waals surface area (Å²) < 4.78 is 6.23. The molecule has 1 aliphatic carbocycles. The van der Waals surface area contributed by atoms with E-state index in [2.05, 4.69) is 28.6 Å². The average Bonchev–Trinajstić information content (AvgIpc) is 3.20. The van der Waals surface area contributed by atoms with Gasteiger partial charge in [0.15, 0.2) is 5.72 Å². The normalized spacial score (nSPS) is 41.8. The first-order valence-corrected chi connectivity index (χ1v) is 8.53. The third-order valence-corrected chi connectivity index (χ3v) is 6.32. The van der Waals surface area contributed by atoms with Gasteiger partial charge in [-0.25, -0.2) is 9.83 Å². The Morgan fingerprint density at radius 2 is 2.12 bits per heavy atom. The zero-order valence-electron chi connectivity index (χ0n) is 13.2. The number of hydrogen-bond acceptors (Lipinski definition) is 5. The van der Waals surface area contributed by atoms with Crippen LogP contribution in [0, 0.1) is 17.8 Å². The number of hydrogen-bond donors (Lipinski definition) is 1. The molecular weight excluding hydrogens is 326 g/mol. The Kier molecular flexibility index (Phi) is 3.06. The lowest BCUT2D eigenvalue weighted by Crippen LogP contribution is -2.67. The number of nitrogens with zero attached hydrogens (tertiary/aromatic N) is 2. The van der Waals surface area contributed by atoms with E-state index in [1.807, 2.05) is 12.1 Å². The highest BCUT2D eigenvalue weighted by Gasteiger charge is 2.64. The number of nitrogens with one attached hydrogen (secondary N) is 1. The highest BCUT2D eigenvalue weighted by Crippen LogP contribution is 2.59. The Morgan fingerprint density at radius 1 is 1.21 bits per heavy atom. The van der Waals surface area contributed by atoms with E-state index in [4.69, 9.17) is 14.2 Å². The Morgan fingerprint density at radius 3 is 2.96 bits per heavy atom. The van der Waals surface area contributed by atoms with E-state index in [1.165, 1.54) is 24.8 Å². The zero-order valence-corrected chi connectivity index (χ0v) is 14.0. The highest BCUT2D eigenvalue weighted by atomic mass is 35.5. The largest absolute Gasteiger partial charge is 0.459 e. The second kappa shape index (κ2) is 4.97. The van der Waals surface area contributed by atoms with Gasteiger partial charge in [-0.1, -0.05) is 18.2 Å². The van der Waals surface area contributed by atoms with E-state index in [-0.39, 0.29) is 18.4 Å². The van der Waals surface area contributed by atoms with E-state index in [0.29, 0.717) is 11.8 Å². The van der Waals surface area contributed by atoms with Crippen LogP contribution in [0.3, 0.4) is 0 Å². The third-order valence-electron chi connectivity index (χ3n) is 6.32. The Labute approximate surface area is 146 Å². The molecule has 6 unspecified atom stereocenters. The number of furan rings is 1. The molecule has 4 bridgehead atoms. The molecular formula is C18H20ClN3O2. The Hall–Kier alpha value is -1.56. The van der Waals surface area contributed by atoms with E-state index in [1.54, 1.807) is 6.34 Å². The Balaban J connectivity index is 0.00000131. The fourth-order valence-corrected chi connectivity index (χ4v) is 5.54. The molecule has 1 aromatic carbocycles. The molecule has 126 valence electrons. The number of rotatable bonds is 1. The number of aliphatic imine (C=N–C) groups is 1. The maximum atomic E-state index is 6.23. The Bertz CT molecular complexity index is 788. The monoisotopic (exact) mass is 345 g/mol. The van der Waals surface area contributed by atoms with Crippen LogP contribution >= 0.6 is 12.4 Å². The van der Waals surface area contributed by atoms with Crippen molar-refractivity contribution < 1.29 is 9.25 Å². The van der Waals surface area contributed by atoms with Crippen molar-refractivity contribution in [2.75, 3.05) is 13.1 Å². The summed E-state index contributed by atoms with van der Waals surface area (Å²) in [5, 5.41) is 1.18. The van der Waals surface area contributed by atoms with Gasteiger partial charge in [0, 0.05) is 30.3 Å². The quantitative estimate of drug-likeness (QED) is 0.862. The molecule has 1 spiro atoms. The molecule has 0 radical (unpaired) electrons. The van der Waals surface area contributed by atoms with Crippen LogP contribution in [0.4, 0.5) is 0 Å². The molecule has 5 heterocycles. The summed E-state index contributed by atoms with van der Waals surface area (Å²) in [5.41, 5.74) is 3.48. The zero-order chi connectivity index (χ0) is 15.0. The molecule has 1 aromatic heterocycles. The molecule has 6 heteroatoms. The fraction of sp³-hybridized carbons (Fsp3) is 0.500. The minimum absolute atomic E-state index is 0. The number of hydroxylamine groups is 1. The minimum Gasteiger partial charge on any atom is -0.459 e. The molecule has 6 atom stereocenters. The topological polar surface area (TPSA) is 50.0 Å². The first-order chi connectivity index (χ1) is 11.3. The van der Waals surface area contributed by atoms with Gasteiger partial charge in [0.25, 0.3) is 0 Å². The lowest BCUT2D eigenvalue weighted by molar-refractivity contribution is -0.236. The molecule has 7 rings (SSSR count). The van der Waals surface area contributed by atoms with Crippen LogP contribution in [0.25, 0.3) is 11.0 Å². The minimum atomic E-state index is -0.392. The van der Waals surface area contributed by atoms with Crippen molar-refractivity contribution in [1.82, 2.24) is 10.4 Å². The van der Waals surface area contributed by atoms with E-state index < -0.39 is 5.72 Å². The third kappa shape index (κ3) is 1.75. The molecule has 4 aliphatic heterocycles. The maximum Gasteiger partial charge on any atom is 0.195 e. The van der Waals surface area contributed by atoms with Gasteiger partial charge in [0.2, 0.25) is 0 Å². The van der Waals surface area contributed by atoms with Crippen LogP contribution in [-0.2, 0) is 4.84 Å². The van der Waals surface area contributed by atoms with Crippen molar-refractivity contribution in [2.45, 2.75) is 24.6 Å². The number of benzene rings is 1. The number of para-hydroxylation sites is 1. The molecule has 2 aromatic rings. The van der Waals surface area contributed by atoms with Gasteiger partial charge in [-0.05, 0) is 30.9 Å². The second-order valence-electron chi connectivity index (χ2n) is 7.46. The summed E-state index contributed by atoms with van der Waals surface area (Å²) in [6, 6.07) is 10.7. The van der Waals surface area contributed by atoms with Crippen LogP contribution in [-0.4, -0.2) is 30.1 Å². The van der Waals surface area contributed by atoms with Crippen LogP contribution in [0.2, 0.25) is 0 Å². The van der Waals surface area contributed by atoms with Gasteiger partial charge in [-0.3, -0.25) is 10.4 Å².